The van der Waals surface area contributed by atoms with Crippen molar-refractivity contribution in [3.63, 3.8) is 0 Å². The quantitative estimate of drug-likeness (QED) is 0.131. The molecular formula is C25H56NO2Si+. The molecule has 0 heterocycles. The molecule has 0 saturated heterocycles. The van der Waals surface area contributed by atoms with Gasteiger partial charge in [0, 0.05) is 13.2 Å². The van der Waals surface area contributed by atoms with Crippen LogP contribution in [0.25, 0.3) is 0 Å². The minimum absolute atomic E-state index is 0.683. The second-order valence-corrected chi connectivity index (χ2v) is 11.9. The van der Waals surface area contributed by atoms with Crippen LogP contribution in [0, 0.1) is 0 Å². The summed E-state index contributed by atoms with van der Waals surface area (Å²) in [4.78, 5) is 0. The summed E-state index contributed by atoms with van der Waals surface area (Å²) in [6, 6.07) is 0.683. The van der Waals surface area contributed by atoms with Crippen LogP contribution in [0.4, 0.5) is 0 Å². The minimum Gasteiger partial charge on any atom is -0.351 e. The zero-order chi connectivity index (χ0) is 21.8. The molecule has 0 spiro atoms. The SMILES string of the molecule is CCCCCCCCCCCCCCCC(CCC)[N+](C)(C)[SiH](OCC)OCC. The molecule has 176 valence electrons. The standard InChI is InChI=1S/C25H56NO2Si/c1-7-11-12-13-14-15-16-17-18-19-20-21-22-24-25(23-8-2)26(5,6)29(27-9-3)28-10-4/h25,29H,7-24H2,1-6H3/q+1. The Morgan fingerprint density at radius 1 is 0.552 bits per heavy atom. The second kappa shape index (κ2) is 20.0. The highest BCUT2D eigenvalue weighted by Crippen LogP contribution is 2.23. The first kappa shape index (κ1) is 29.1. The van der Waals surface area contributed by atoms with Crippen LogP contribution in [-0.4, -0.2) is 46.9 Å². The number of quaternary nitrogens is 1. The van der Waals surface area contributed by atoms with E-state index in [1.165, 1.54) is 103 Å². The van der Waals surface area contributed by atoms with Gasteiger partial charge in [-0.2, -0.15) is 0 Å². The molecular weight excluding hydrogens is 374 g/mol. The van der Waals surface area contributed by atoms with E-state index < -0.39 is 9.45 Å². The first-order valence-electron chi connectivity index (χ1n) is 13.1. The monoisotopic (exact) mass is 430 g/mol. The Morgan fingerprint density at radius 3 is 1.34 bits per heavy atom. The lowest BCUT2D eigenvalue weighted by molar-refractivity contribution is -0.829. The fourth-order valence-electron chi connectivity index (χ4n) is 4.43. The molecule has 0 aliphatic heterocycles. The van der Waals surface area contributed by atoms with Crippen molar-refractivity contribution in [3.05, 3.63) is 0 Å². The molecule has 0 aromatic heterocycles. The molecule has 0 aromatic rings. The van der Waals surface area contributed by atoms with E-state index in [0.29, 0.717) is 6.04 Å². The first-order chi connectivity index (χ1) is 14.0. The van der Waals surface area contributed by atoms with Gasteiger partial charge in [-0.25, -0.2) is 0 Å². The maximum absolute atomic E-state index is 6.08. The van der Waals surface area contributed by atoms with Crippen molar-refractivity contribution >= 4 is 9.45 Å². The van der Waals surface area contributed by atoms with Crippen molar-refractivity contribution < 1.29 is 13.0 Å². The largest absolute Gasteiger partial charge is 0.586 e. The second-order valence-electron chi connectivity index (χ2n) is 9.32. The summed E-state index contributed by atoms with van der Waals surface area (Å²) in [5, 5.41) is 0. The maximum Gasteiger partial charge on any atom is 0.586 e. The van der Waals surface area contributed by atoms with Gasteiger partial charge >= 0.3 is 9.45 Å². The van der Waals surface area contributed by atoms with Gasteiger partial charge in [-0.1, -0.05) is 97.3 Å². The Morgan fingerprint density at radius 2 is 0.966 bits per heavy atom. The molecule has 0 N–H and O–H groups in total. The third kappa shape index (κ3) is 14.7. The van der Waals surface area contributed by atoms with Crippen molar-refractivity contribution in [1.29, 1.82) is 0 Å². The van der Waals surface area contributed by atoms with E-state index in [1.807, 2.05) is 0 Å². The number of rotatable bonds is 22. The summed E-state index contributed by atoms with van der Waals surface area (Å²) < 4.78 is 13.1. The summed E-state index contributed by atoms with van der Waals surface area (Å²) in [6.07, 6.45) is 22.4. The third-order valence-corrected chi connectivity index (χ3v) is 9.11. The maximum atomic E-state index is 6.08. The Hall–Kier alpha value is 0.0969. The van der Waals surface area contributed by atoms with E-state index in [-0.39, 0.29) is 0 Å². The number of unbranched alkanes of at least 4 members (excludes halogenated alkanes) is 12. The average molecular weight is 431 g/mol. The molecule has 3 nitrogen and oxygen atoms in total. The number of hydrogen-bond donors (Lipinski definition) is 0. The summed E-state index contributed by atoms with van der Waals surface area (Å²) in [7, 11) is 3.02. The van der Waals surface area contributed by atoms with Crippen LogP contribution < -0.4 is 0 Å². The van der Waals surface area contributed by atoms with Gasteiger partial charge < -0.3 is 13.0 Å². The molecule has 1 unspecified atom stereocenters. The predicted molar refractivity (Wildman–Crippen MR) is 132 cm³/mol. The molecule has 0 bridgehead atoms. The van der Waals surface area contributed by atoms with Gasteiger partial charge in [0.1, 0.15) is 0 Å². The number of nitrogens with zero attached hydrogens (tertiary/aromatic N) is 1. The molecule has 1 atom stereocenters. The predicted octanol–water partition coefficient (Wildman–Crippen LogP) is 7.50. The van der Waals surface area contributed by atoms with Crippen LogP contribution in [0.3, 0.4) is 0 Å². The van der Waals surface area contributed by atoms with Gasteiger partial charge in [0.2, 0.25) is 0 Å². The van der Waals surface area contributed by atoms with Crippen LogP contribution in [-0.2, 0) is 8.85 Å². The molecule has 0 rings (SSSR count). The van der Waals surface area contributed by atoms with Crippen molar-refractivity contribution in [2.75, 3.05) is 27.3 Å². The fourth-order valence-corrected chi connectivity index (χ4v) is 6.51. The molecule has 0 radical (unpaired) electrons. The van der Waals surface area contributed by atoms with Crippen LogP contribution in [0.1, 0.15) is 130 Å². The lowest BCUT2D eigenvalue weighted by Crippen LogP contribution is -2.61. The van der Waals surface area contributed by atoms with Crippen molar-refractivity contribution in [2.45, 2.75) is 136 Å². The summed E-state index contributed by atoms with van der Waals surface area (Å²) in [5.41, 5.74) is 0. The van der Waals surface area contributed by atoms with E-state index in [2.05, 4.69) is 41.8 Å². The van der Waals surface area contributed by atoms with Gasteiger partial charge in [0.05, 0.1) is 20.1 Å². The molecule has 4 heteroatoms. The molecule has 29 heavy (non-hydrogen) atoms. The highest BCUT2D eigenvalue weighted by Gasteiger charge is 2.40. The van der Waals surface area contributed by atoms with E-state index in [9.17, 15) is 0 Å². The summed E-state index contributed by atoms with van der Waals surface area (Å²) >= 11 is 0. The molecule has 0 aromatic carbocycles. The van der Waals surface area contributed by atoms with E-state index in [4.69, 9.17) is 8.85 Å². The topological polar surface area (TPSA) is 18.5 Å². The first-order valence-corrected chi connectivity index (χ1v) is 14.6. The molecule has 0 aliphatic carbocycles. The van der Waals surface area contributed by atoms with Crippen LogP contribution >= 0.6 is 0 Å². The highest BCUT2D eigenvalue weighted by atomic mass is 28.3. The van der Waals surface area contributed by atoms with Gasteiger partial charge in [-0.3, -0.25) is 0 Å². The van der Waals surface area contributed by atoms with Gasteiger partial charge in [0.15, 0.2) is 0 Å². The lowest BCUT2D eigenvalue weighted by atomic mass is 10.0. The number of hydrogen-bond acceptors (Lipinski definition) is 2. The molecule has 0 aliphatic rings. The van der Waals surface area contributed by atoms with Crippen LogP contribution in [0.15, 0.2) is 0 Å². The highest BCUT2D eigenvalue weighted by molar-refractivity contribution is 6.35. The van der Waals surface area contributed by atoms with Crippen molar-refractivity contribution in [3.8, 4) is 0 Å². The Balaban J connectivity index is 3.94. The molecule has 0 saturated carbocycles. The van der Waals surface area contributed by atoms with E-state index in [1.54, 1.807) is 0 Å². The zero-order valence-electron chi connectivity index (χ0n) is 21.1. The zero-order valence-corrected chi connectivity index (χ0v) is 22.3. The van der Waals surface area contributed by atoms with Gasteiger partial charge in [0.25, 0.3) is 0 Å². The molecule has 0 amide bonds. The van der Waals surface area contributed by atoms with Crippen LogP contribution in [0.5, 0.6) is 0 Å². The Kier molecular flexibility index (Phi) is 20.1. The van der Waals surface area contributed by atoms with Crippen LogP contribution in [0.2, 0.25) is 0 Å². The normalized spacial score (nSPS) is 13.3. The van der Waals surface area contributed by atoms with Crippen molar-refractivity contribution in [1.82, 2.24) is 0 Å². The van der Waals surface area contributed by atoms with E-state index >= 15 is 0 Å². The summed E-state index contributed by atoms with van der Waals surface area (Å²) in [5.74, 6) is 0. The fraction of sp³-hybridized carbons (Fsp3) is 1.00. The lowest BCUT2D eigenvalue weighted by Gasteiger charge is -2.42. The smallest absolute Gasteiger partial charge is 0.351 e. The summed E-state index contributed by atoms with van der Waals surface area (Å²) in [6.45, 7) is 10.4. The minimum atomic E-state index is -1.69. The van der Waals surface area contributed by atoms with Crippen molar-refractivity contribution in [2.24, 2.45) is 0 Å². The third-order valence-electron chi connectivity index (χ3n) is 6.37. The Bertz CT molecular complexity index is 333. The van der Waals surface area contributed by atoms with Gasteiger partial charge in [-0.15, -0.1) is 0 Å². The Labute approximate surface area is 186 Å². The average Bonchev–Trinajstić information content (AvgIpc) is 2.70. The van der Waals surface area contributed by atoms with E-state index in [0.717, 1.165) is 17.4 Å². The van der Waals surface area contributed by atoms with Gasteiger partial charge in [-0.05, 0) is 33.1 Å². The molecule has 0 fully saturated rings.